The number of fused-ring (bicyclic) bond motifs is 1. The zero-order valence-electron chi connectivity index (χ0n) is 9.11. The normalized spacial score (nSPS) is 11.1. The molecule has 0 aliphatic heterocycles. The minimum atomic E-state index is 0.535. The van der Waals surface area contributed by atoms with Crippen LogP contribution in [0.4, 0.5) is 5.95 Å². The zero-order valence-corrected chi connectivity index (χ0v) is 10.7. The number of halogens is 1. The van der Waals surface area contributed by atoms with Gasteiger partial charge >= 0.3 is 0 Å². The number of hydrogen-bond donors (Lipinski definition) is 1. The Balaban J connectivity index is 2.32. The predicted molar refractivity (Wildman–Crippen MR) is 68.3 cm³/mol. The lowest BCUT2D eigenvalue weighted by atomic mass is 10.3. The number of hydrogen-bond acceptors (Lipinski definition) is 3. The molecule has 0 saturated carbocycles. The third-order valence-electron chi connectivity index (χ3n) is 2.40. The Bertz CT molecular complexity index is 495. The highest BCUT2D eigenvalue weighted by atomic mass is 79.9. The molecule has 4 nitrogen and oxygen atoms in total. The molecule has 0 aliphatic carbocycles. The van der Waals surface area contributed by atoms with Crippen LogP contribution in [0, 0.1) is 0 Å². The molecule has 16 heavy (non-hydrogen) atoms. The van der Waals surface area contributed by atoms with Crippen molar-refractivity contribution in [1.29, 1.82) is 0 Å². The summed E-state index contributed by atoms with van der Waals surface area (Å²) in [5.74, 6) is 0.535. The summed E-state index contributed by atoms with van der Waals surface area (Å²) in [6.45, 7) is 4.09. The van der Waals surface area contributed by atoms with Crippen molar-refractivity contribution in [1.82, 2.24) is 9.55 Å². The molecule has 0 bridgehead atoms. The molecule has 0 fully saturated rings. The van der Waals surface area contributed by atoms with E-state index >= 15 is 0 Å². The van der Waals surface area contributed by atoms with E-state index in [0.29, 0.717) is 12.6 Å². The maximum atomic E-state index is 5.87. The number of anilines is 1. The Kier molecular flexibility index (Phi) is 3.46. The summed E-state index contributed by atoms with van der Waals surface area (Å²) < 4.78 is 8.30. The van der Waals surface area contributed by atoms with Crippen LogP contribution in [0.15, 0.2) is 22.7 Å². The van der Waals surface area contributed by atoms with E-state index in [2.05, 4.69) is 20.9 Å². The van der Waals surface area contributed by atoms with Gasteiger partial charge < -0.3 is 15.0 Å². The number of nitrogens with zero attached hydrogens (tertiary/aromatic N) is 2. The molecule has 1 aromatic carbocycles. The number of ether oxygens (including phenoxy) is 1. The molecule has 0 atom stereocenters. The zero-order chi connectivity index (χ0) is 11.5. The maximum Gasteiger partial charge on any atom is 0.201 e. The minimum Gasteiger partial charge on any atom is -0.380 e. The van der Waals surface area contributed by atoms with Crippen molar-refractivity contribution in [3.8, 4) is 0 Å². The fourth-order valence-electron chi connectivity index (χ4n) is 1.66. The second-order valence-corrected chi connectivity index (χ2v) is 4.37. The first-order chi connectivity index (χ1) is 7.72. The van der Waals surface area contributed by atoms with Crippen LogP contribution < -0.4 is 5.73 Å². The molecule has 0 unspecified atom stereocenters. The van der Waals surface area contributed by atoms with Crippen LogP contribution in [0.5, 0.6) is 0 Å². The molecule has 0 saturated heterocycles. The molecule has 86 valence electrons. The highest BCUT2D eigenvalue weighted by molar-refractivity contribution is 9.10. The van der Waals surface area contributed by atoms with Gasteiger partial charge in [0, 0.05) is 17.6 Å². The van der Waals surface area contributed by atoms with Gasteiger partial charge in [0.25, 0.3) is 0 Å². The number of rotatable bonds is 4. The lowest BCUT2D eigenvalue weighted by Crippen LogP contribution is -2.08. The largest absolute Gasteiger partial charge is 0.380 e. The summed E-state index contributed by atoms with van der Waals surface area (Å²) in [7, 11) is 0. The Morgan fingerprint density at radius 1 is 1.50 bits per heavy atom. The van der Waals surface area contributed by atoms with Gasteiger partial charge in [0.2, 0.25) is 5.95 Å². The summed E-state index contributed by atoms with van der Waals surface area (Å²) in [6.07, 6.45) is 0. The highest BCUT2D eigenvalue weighted by Crippen LogP contribution is 2.21. The summed E-state index contributed by atoms with van der Waals surface area (Å²) in [6, 6.07) is 5.96. The van der Waals surface area contributed by atoms with Crippen LogP contribution >= 0.6 is 15.9 Å². The molecule has 0 spiro atoms. The molecular weight excluding hydrogens is 270 g/mol. The third kappa shape index (κ3) is 2.20. The highest BCUT2D eigenvalue weighted by Gasteiger charge is 2.07. The first-order valence-corrected chi connectivity index (χ1v) is 6.00. The number of nitrogen functional groups attached to an aromatic ring is 1. The van der Waals surface area contributed by atoms with Crippen LogP contribution in [0.3, 0.4) is 0 Å². The molecule has 2 aromatic rings. The topological polar surface area (TPSA) is 53.1 Å². The smallest absolute Gasteiger partial charge is 0.201 e. The average molecular weight is 284 g/mol. The fourth-order valence-corrected chi connectivity index (χ4v) is 2.01. The molecule has 2 N–H and O–H groups in total. The summed E-state index contributed by atoms with van der Waals surface area (Å²) in [5, 5.41) is 0. The first-order valence-electron chi connectivity index (χ1n) is 5.21. The van der Waals surface area contributed by atoms with Crippen molar-refractivity contribution >= 4 is 32.9 Å². The van der Waals surface area contributed by atoms with Gasteiger partial charge in [-0.3, -0.25) is 0 Å². The van der Waals surface area contributed by atoms with E-state index in [1.54, 1.807) is 0 Å². The number of aromatic nitrogens is 2. The van der Waals surface area contributed by atoms with E-state index in [1.807, 2.05) is 29.7 Å². The van der Waals surface area contributed by atoms with E-state index in [1.165, 1.54) is 0 Å². The predicted octanol–water partition coefficient (Wildman–Crippen LogP) is 2.42. The molecule has 5 heteroatoms. The average Bonchev–Trinajstić information content (AvgIpc) is 2.55. The number of imidazole rings is 1. The van der Waals surface area contributed by atoms with E-state index < -0.39 is 0 Å². The second-order valence-electron chi connectivity index (χ2n) is 3.45. The monoisotopic (exact) mass is 283 g/mol. The maximum absolute atomic E-state index is 5.87. The van der Waals surface area contributed by atoms with E-state index in [-0.39, 0.29) is 0 Å². The van der Waals surface area contributed by atoms with Crippen LogP contribution in [0.1, 0.15) is 6.92 Å². The van der Waals surface area contributed by atoms with Gasteiger partial charge in [0.1, 0.15) is 0 Å². The Morgan fingerprint density at radius 3 is 3.06 bits per heavy atom. The lowest BCUT2D eigenvalue weighted by Gasteiger charge is -2.06. The number of nitrogens with two attached hydrogens (primary N) is 1. The molecule has 2 rings (SSSR count). The van der Waals surface area contributed by atoms with Gasteiger partial charge in [0.15, 0.2) is 0 Å². The minimum absolute atomic E-state index is 0.535. The lowest BCUT2D eigenvalue weighted by molar-refractivity contribution is 0.140. The Hall–Kier alpha value is -1.07. The van der Waals surface area contributed by atoms with Crippen molar-refractivity contribution < 1.29 is 4.74 Å². The molecule has 1 aromatic heterocycles. The Morgan fingerprint density at radius 2 is 2.31 bits per heavy atom. The van der Waals surface area contributed by atoms with Gasteiger partial charge in [-0.05, 0) is 25.1 Å². The van der Waals surface area contributed by atoms with Gasteiger partial charge in [0.05, 0.1) is 17.6 Å². The van der Waals surface area contributed by atoms with Gasteiger partial charge in [-0.2, -0.15) is 0 Å². The van der Waals surface area contributed by atoms with Crippen molar-refractivity contribution in [3.05, 3.63) is 22.7 Å². The molecule has 0 amide bonds. The molecule has 0 radical (unpaired) electrons. The van der Waals surface area contributed by atoms with Gasteiger partial charge in [-0.15, -0.1) is 0 Å². The van der Waals surface area contributed by atoms with E-state index in [0.717, 1.165) is 28.7 Å². The van der Waals surface area contributed by atoms with Crippen LogP contribution in [0.2, 0.25) is 0 Å². The van der Waals surface area contributed by atoms with Gasteiger partial charge in [-0.1, -0.05) is 15.9 Å². The summed E-state index contributed by atoms with van der Waals surface area (Å²) in [4.78, 5) is 4.31. The third-order valence-corrected chi connectivity index (χ3v) is 2.90. The second kappa shape index (κ2) is 4.84. The van der Waals surface area contributed by atoms with E-state index in [4.69, 9.17) is 10.5 Å². The summed E-state index contributed by atoms with van der Waals surface area (Å²) in [5.41, 5.74) is 7.81. The van der Waals surface area contributed by atoms with Crippen molar-refractivity contribution in [2.24, 2.45) is 0 Å². The Labute approximate surface area is 103 Å². The van der Waals surface area contributed by atoms with Crippen LogP contribution in [-0.2, 0) is 11.3 Å². The van der Waals surface area contributed by atoms with E-state index in [9.17, 15) is 0 Å². The van der Waals surface area contributed by atoms with Crippen LogP contribution in [-0.4, -0.2) is 22.8 Å². The van der Waals surface area contributed by atoms with Crippen molar-refractivity contribution in [3.63, 3.8) is 0 Å². The van der Waals surface area contributed by atoms with Crippen molar-refractivity contribution in [2.45, 2.75) is 13.5 Å². The standard InChI is InChI=1S/C11H14BrN3O/c1-2-16-6-5-15-10-4-3-8(12)7-9(10)14-11(15)13/h3-4,7H,2,5-6H2,1H3,(H2,13,14). The molecular formula is C11H14BrN3O. The quantitative estimate of drug-likeness (QED) is 0.877. The molecule has 0 aliphatic rings. The first kappa shape index (κ1) is 11.4. The summed E-state index contributed by atoms with van der Waals surface area (Å²) >= 11 is 3.42. The van der Waals surface area contributed by atoms with Crippen LogP contribution in [0.25, 0.3) is 11.0 Å². The van der Waals surface area contributed by atoms with Crippen molar-refractivity contribution in [2.75, 3.05) is 18.9 Å². The fraction of sp³-hybridized carbons (Fsp3) is 0.364. The molecule has 1 heterocycles. The number of benzene rings is 1. The van der Waals surface area contributed by atoms with Gasteiger partial charge in [-0.25, -0.2) is 4.98 Å². The SMILES string of the molecule is CCOCCn1c(N)nc2cc(Br)ccc21.